The van der Waals surface area contributed by atoms with Crippen LogP contribution in [0, 0.1) is 17.8 Å². The van der Waals surface area contributed by atoms with Gasteiger partial charge in [-0.25, -0.2) is 9.73 Å². The summed E-state index contributed by atoms with van der Waals surface area (Å²) in [5.41, 5.74) is -1.54. The van der Waals surface area contributed by atoms with E-state index in [1.807, 2.05) is 5.10 Å². The molecule has 0 aliphatic heterocycles. The van der Waals surface area contributed by atoms with Crippen LogP contribution in [0.15, 0.2) is 27.9 Å². The molecule has 39 heavy (non-hydrogen) atoms. The van der Waals surface area contributed by atoms with Gasteiger partial charge in [0.25, 0.3) is 11.5 Å². The van der Waals surface area contributed by atoms with Gasteiger partial charge in [-0.1, -0.05) is 12.1 Å². The number of aryl methyl sites for hydroxylation is 1. The fourth-order valence-electron chi connectivity index (χ4n) is 4.90. The number of halogens is 3. The zero-order valence-corrected chi connectivity index (χ0v) is 21.2. The predicted molar refractivity (Wildman–Crippen MR) is 128 cm³/mol. The van der Waals surface area contributed by atoms with E-state index in [0.717, 1.165) is 25.7 Å². The topological polar surface area (TPSA) is 161 Å². The van der Waals surface area contributed by atoms with Gasteiger partial charge in [-0.3, -0.25) is 19.1 Å². The van der Waals surface area contributed by atoms with Crippen molar-refractivity contribution in [2.75, 3.05) is 5.32 Å². The van der Waals surface area contributed by atoms with E-state index < -0.39 is 41.3 Å². The average Bonchev–Trinajstić information content (AvgIpc) is 3.82. The van der Waals surface area contributed by atoms with Gasteiger partial charge >= 0.3 is 6.18 Å². The van der Waals surface area contributed by atoms with Crippen LogP contribution in [0.4, 0.5) is 18.9 Å². The number of alkyl halides is 3. The summed E-state index contributed by atoms with van der Waals surface area (Å²) in [7, 11) is 0. The first-order chi connectivity index (χ1) is 18.6. The number of H-pyrrole nitrogens is 1. The van der Waals surface area contributed by atoms with Crippen LogP contribution in [-0.4, -0.2) is 48.1 Å². The summed E-state index contributed by atoms with van der Waals surface area (Å²) in [4.78, 5) is 38.8. The summed E-state index contributed by atoms with van der Waals surface area (Å²) >= 11 is 0. The zero-order chi connectivity index (χ0) is 27.9. The second-order valence-electron chi connectivity index (χ2n) is 10.0. The Labute approximate surface area is 219 Å². The molecule has 2 saturated carbocycles. The number of carbonyl (C=O) groups is 2. The minimum atomic E-state index is -4.74. The number of carbonyl (C=O) groups excluding carboxylic acids is 2. The number of aromatic amines is 1. The molecule has 3 heterocycles. The number of hydrogen-bond acceptors (Lipinski definition) is 8. The molecule has 208 valence electrons. The molecular formula is C24H27F3N8O4. The van der Waals surface area contributed by atoms with E-state index >= 15 is 0 Å². The Morgan fingerprint density at radius 2 is 1.90 bits per heavy atom. The van der Waals surface area contributed by atoms with Gasteiger partial charge < -0.3 is 10.6 Å². The Morgan fingerprint density at radius 3 is 2.51 bits per heavy atom. The van der Waals surface area contributed by atoms with Crippen LogP contribution >= 0.6 is 0 Å². The standard InChI is InChI=1S/C24H27F3N8O4/c1-3-16-19(34-39-33-16)22(37)30-20(18(12-4-5-12)13-6-7-13)23(38)29-14-9-28-35(10-14)11(2)15-8-17(24(25,26)27)31-32-21(15)36/h8-13,18,20H,3-7H2,1-2H3,(H,29,38)(H,30,37)(H,32,36)/t11?,20-/m0/s1. The van der Waals surface area contributed by atoms with Gasteiger partial charge in [0.1, 0.15) is 11.7 Å². The van der Waals surface area contributed by atoms with Crippen LogP contribution in [0.5, 0.6) is 0 Å². The molecule has 2 amide bonds. The minimum Gasteiger partial charge on any atom is -0.338 e. The number of amides is 2. The maximum atomic E-state index is 13.5. The van der Waals surface area contributed by atoms with Gasteiger partial charge in [-0.2, -0.15) is 23.4 Å². The second-order valence-corrected chi connectivity index (χ2v) is 10.0. The van der Waals surface area contributed by atoms with Crippen LogP contribution in [0.1, 0.15) is 73.0 Å². The number of aromatic nitrogens is 6. The normalized spacial score (nSPS) is 17.2. The van der Waals surface area contributed by atoms with Gasteiger partial charge in [0, 0.05) is 11.8 Å². The molecule has 2 fully saturated rings. The van der Waals surface area contributed by atoms with Crippen LogP contribution in [0.3, 0.4) is 0 Å². The first-order valence-corrected chi connectivity index (χ1v) is 12.7. The Kier molecular flexibility index (Phi) is 6.99. The highest BCUT2D eigenvalue weighted by molar-refractivity contribution is 6.00. The largest absolute Gasteiger partial charge is 0.435 e. The smallest absolute Gasteiger partial charge is 0.338 e. The highest BCUT2D eigenvalue weighted by atomic mass is 19.4. The Balaban J connectivity index is 1.35. The molecule has 0 spiro atoms. The zero-order valence-electron chi connectivity index (χ0n) is 21.2. The van der Waals surface area contributed by atoms with Gasteiger partial charge in [-0.15, -0.1) is 0 Å². The molecule has 0 aromatic carbocycles. The van der Waals surface area contributed by atoms with E-state index in [9.17, 15) is 27.6 Å². The molecule has 2 aliphatic carbocycles. The van der Waals surface area contributed by atoms with Crippen molar-refractivity contribution < 1.29 is 27.4 Å². The first-order valence-electron chi connectivity index (χ1n) is 12.7. The molecule has 2 atom stereocenters. The molecule has 15 heteroatoms. The van der Waals surface area contributed by atoms with Crippen molar-refractivity contribution in [1.29, 1.82) is 0 Å². The van der Waals surface area contributed by atoms with Crippen LogP contribution in [0.2, 0.25) is 0 Å². The molecule has 3 aromatic heterocycles. The van der Waals surface area contributed by atoms with Crippen molar-refractivity contribution in [1.82, 2.24) is 35.6 Å². The van der Waals surface area contributed by atoms with Crippen molar-refractivity contribution in [3.8, 4) is 0 Å². The highest BCUT2D eigenvalue weighted by Gasteiger charge is 2.48. The first kappa shape index (κ1) is 26.6. The highest BCUT2D eigenvalue weighted by Crippen LogP contribution is 2.51. The molecular weight excluding hydrogens is 521 g/mol. The number of anilines is 1. The lowest BCUT2D eigenvalue weighted by Gasteiger charge is -2.27. The van der Waals surface area contributed by atoms with Crippen LogP contribution < -0.4 is 16.2 Å². The molecule has 0 bridgehead atoms. The quantitative estimate of drug-likeness (QED) is 0.349. The lowest BCUT2D eigenvalue weighted by Crippen LogP contribution is -2.50. The van der Waals surface area contributed by atoms with Crippen LogP contribution in [-0.2, 0) is 17.4 Å². The van der Waals surface area contributed by atoms with E-state index in [1.54, 1.807) is 6.92 Å². The molecule has 0 radical (unpaired) electrons. The fourth-order valence-corrected chi connectivity index (χ4v) is 4.90. The molecule has 2 aliphatic rings. The lowest BCUT2D eigenvalue weighted by molar-refractivity contribution is -0.141. The third kappa shape index (κ3) is 5.71. The SMILES string of the molecule is CCc1nonc1C(=O)N[C@H](C(=O)Nc1cnn(C(C)c2cc(C(F)(F)F)n[nH]c2=O)c1)C(C1CC1)C1CC1. The number of nitrogens with one attached hydrogen (secondary N) is 3. The summed E-state index contributed by atoms with van der Waals surface area (Å²) in [6.45, 7) is 3.31. The molecule has 3 N–H and O–H groups in total. The summed E-state index contributed by atoms with van der Waals surface area (Å²) in [5, 5.41) is 22.1. The molecule has 0 saturated heterocycles. The van der Waals surface area contributed by atoms with Crippen molar-refractivity contribution >= 4 is 17.5 Å². The number of rotatable bonds is 10. The summed E-state index contributed by atoms with van der Waals surface area (Å²) < 4.78 is 45.3. The predicted octanol–water partition coefficient (Wildman–Crippen LogP) is 2.71. The number of hydrogen-bond donors (Lipinski definition) is 3. The molecule has 5 rings (SSSR count). The lowest BCUT2D eigenvalue weighted by atomic mass is 9.88. The minimum absolute atomic E-state index is 0.0306. The summed E-state index contributed by atoms with van der Waals surface area (Å²) in [6, 6.07) is -1.07. The number of nitrogens with zero attached hydrogens (tertiary/aromatic N) is 5. The van der Waals surface area contributed by atoms with E-state index in [0.29, 0.717) is 30.0 Å². The summed E-state index contributed by atoms with van der Waals surface area (Å²) in [5.74, 6) is -0.419. The monoisotopic (exact) mass is 548 g/mol. The second kappa shape index (κ2) is 10.3. The Morgan fingerprint density at radius 1 is 1.21 bits per heavy atom. The van der Waals surface area contributed by atoms with E-state index in [-0.39, 0.29) is 22.9 Å². The average molecular weight is 549 g/mol. The Bertz CT molecular complexity index is 1410. The molecule has 12 nitrogen and oxygen atoms in total. The van der Waals surface area contributed by atoms with Gasteiger partial charge in [0.15, 0.2) is 11.4 Å². The maximum absolute atomic E-state index is 13.5. The van der Waals surface area contributed by atoms with Gasteiger partial charge in [-0.05, 0) is 68.0 Å². The fraction of sp³-hybridized carbons (Fsp3) is 0.542. The van der Waals surface area contributed by atoms with Crippen molar-refractivity contribution in [2.24, 2.45) is 17.8 Å². The van der Waals surface area contributed by atoms with Gasteiger partial charge in [0.05, 0.1) is 17.9 Å². The summed E-state index contributed by atoms with van der Waals surface area (Å²) in [6.07, 6.45) is 2.33. The molecule has 1 unspecified atom stereocenters. The Hall–Kier alpha value is -4.04. The van der Waals surface area contributed by atoms with Crippen LogP contribution in [0.25, 0.3) is 0 Å². The van der Waals surface area contributed by atoms with Gasteiger partial charge in [0.2, 0.25) is 5.91 Å². The maximum Gasteiger partial charge on any atom is 0.435 e. The molecule has 3 aromatic rings. The third-order valence-electron chi connectivity index (χ3n) is 7.23. The third-order valence-corrected chi connectivity index (χ3v) is 7.23. The van der Waals surface area contributed by atoms with Crippen molar-refractivity contribution in [3.05, 3.63) is 51.5 Å². The van der Waals surface area contributed by atoms with Crippen molar-refractivity contribution in [3.63, 3.8) is 0 Å². The van der Waals surface area contributed by atoms with E-state index in [4.69, 9.17) is 4.63 Å². The van der Waals surface area contributed by atoms with E-state index in [1.165, 1.54) is 24.0 Å². The van der Waals surface area contributed by atoms with E-state index in [2.05, 4.69) is 31.1 Å². The van der Waals surface area contributed by atoms with Crippen molar-refractivity contribution in [2.45, 2.75) is 64.2 Å².